The highest BCUT2D eigenvalue weighted by atomic mass is 16.5. The van der Waals surface area contributed by atoms with Gasteiger partial charge in [0, 0.05) is 56.5 Å². The van der Waals surface area contributed by atoms with Gasteiger partial charge in [-0.1, -0.05) is 6.07 Å². The third kappa shape index (κ3) is 3.87. The Kier molecular flexibility index (Phi) is 4.86. The van der Waals surface area contributed by atoms with Crippen molar-refractivity contribution in [3.05, 3.63) is 57.8 Å². The molecule has 4 rings (SSSR count). The largest absolute Gasteiger partial charge is 0.476 e. The number of pyridine rings is 1. The Morgan fingerprint density at radius 3 is 2.62 bits per heavy atom. The molecule has 3 aromatic heterocycles. The lowest BCUT2D eigenvalue weighted by molar-refractivity contribution is 0.278. The average molecular weight is 394 g/mol. The molecule has 1 aliphatic carbocycles. The highest BCUT2D eigenvalue weighted by Crippen LogP contribution is 2.46. The van der Waals surface area contributed by atoms with Gasteiger partial charge in [0.05, 0.1) is 12.3 Å². The van der Waals surface area contributed by atoms with Gasteiger partial charge >= 0.3 is 0 Å². The van der Waals surface area contributed by atoms with Gasteiger partial charge in [0.15, 0.2) is 0 Å². The van der Waals surface area contributed by atoms with E-state index in [1.165, 1.54) is 4.68 Å². The van der Waals surface area contributed by atoms with Crippen molar-refractivity contribution in [2.75, 3.05) is 18.6 Å². The first-order chi connectivity index (χ1) is 13.8. The van der Waals surface area contributed by atoms with Crippen LogP contribution in [0.5, 0.6) is 5.88 Å². The van der Waals surface area contributed by atoms with Crippen molar-refractivity contribution in [3.8, 4) is 5.88 Å². The minimum atomic E-state index is -0.188. The van der Waals surface area contributed by atoms with Crippen molar-refractivity contribution in [2.45, 2.75) is 26.2 Å². The molecular weight excluding hydrogens is 368 g/mol. The lowest BCUT2D eigenvalue weighted by Crippen LogP contribution is -2.28. The minimum Gasteiger partial charge on any atom is -0.476 e. The topological polar surface area (TPSA) is 78.1 Å². The molecule has 152 valence electrons. The first kappa shape index (κ1) is 19.2. The number of anilines is 2. The van der Waals surface area contributed by atoms with E-state index in [-0.39, 0.29) is 5.56 Å². The quantitative estimate of drug-likeness (QED) is 0.639. The van der Waals surface area contributed by atoms with E-state index in [0.717, 1.165) is 29.3 Å². The van der Waals surface area contributed by atoms with Crippen molar-refractivity contribution in [3.63, 3.8) is 0 Å². The molecule has 0 amide bonds. The maximum absolute atomic E-state index is 12.6. The average Bonchev–Trinajstić information content (AvgIpc) is 3.38. The van der Waals surface area contributed by atoms with Gasteiger partial charge in [-0.25, -0.2) is 4.68 Å². The highest BCUT2D eigenvalue weighted by Gasteiger charge is 2.40. The van der Waals surface area contributed by atoms with Gasteiger partial charge in [-0.15, -0.1) is 5.10 Å². The van der Waals surface area contributed by atoms with Crippen LogP contribution in [-0.4, -0.2) is 38.2 Å². The summed E-state index contributed by atoms with van der Waals surface area (Å²) in [6.45, 7) is 4.48. The van der Waals surface area contributed by atoms with Crippen LogP contribution in [0.25, 0.3) is 0 Å². The zero-order chi connectivity index (χ0) is 20.7. The normalized spacial score (nSPS) is 18.0. The second kappa shape index (κ2) is 7.35. The summed E-state index contributed by atoms with van der Waals surface area (Å²) in [6, 6.07) is 9.76. The van der Waals surface area contributed by atoms with Crippen LogP contribution in [-0.2, 0) is 14.1 Å². The van der Waals surface area contributed by atoms with Crippen molar-refractivity contribution < 1.29 is 4.74 Å². The van der Waals surface area contributed by atoms with E-state index < -0.39 is 0 Å². The number of rotatable bonds is 6. The van der Waals surface area contributed by atoms with Crippen LogP contribution in [0.1, 0.15) is 29.4 Å². The number of ether oxygens (including phenoxy) is 1. The van der Waals surface area contributed by atoms with Crippen molar-refractivity contribution >= 4 is 11.5 Å². The standard InChI is InChI=1S/C21H26N6O2/c1-13-7-6-8-17(22-13)16-10-15(16)12-29-19-11-18(21(28)27(5)24-19)25(3)20-9-14(2)23-26(20)4/h6-9,11,15-16H,10,12H2,1-5H3/t15-,16+/m1/s1. The van der Waals surface area contributed by atoms with E-state index >= 15 is 0 Å². The third-order valence-corrected chi connectivity index (χ3v) is 5.36. The summed E-state index contributed by atoms with van der Waals surface area (Å²) >= 11 is 0. The zero-order valence-electron chi connectivity index (χ0n) is 17.5. The molecule has 1 fully saturated rings. The zero-order valence-corrected chi connectivity index (χ0v) is 17.5. The molecule has 0 aliphatic heterocycles. The van der Waals surface area contributed by atoms with Crippen molar-refractivity contribution in [1.29, 1.82) is 0 Å². The number of aryl methyl sites for hydroxylation is 4. The van der Waals surface area contributed by atoms with E-state index in [1.807, 2.05) is 51.0 Å². The van der Waals surface area contributed by atoms with Crippen LogP contribution >= 0.6 is 0 Å². The molecule has 8 nitrogen and oxygen atoms in total. The maximum Gasteiger partial charge on any atom is 0.290 e. The summed E-state index contributed by atoms with van der Waals surface area (Å²) in [5, 5.41) is 8.62. The van der Waals surface area contributed by atoms with E-state index in [2.05, 4.69) is 21.2 Å². The lowest BCUT2D eigenvalue weighted by Gasteiger charge is -2.19. The fraction of sp³-hybridized carbons (Fsp3) is 0.429. The Labute approximate surface area is 169 Å². The molecular formula is C21H26N6O2. The highest BCUT2D eigenvalue weighted by molar-refractivity contribution is 5.59. The van der Waals surface area contributed by atoms with Crippen LogP contribution in [0.3, 0.4) is 0 Å². The van der Waals surface area contributed by atoms with Crippen LogP contribution in [0.4, 0.5) is 11.5 Å². The van der Waals surface area contributed by atoms with E-state index in [9.17, 15) is 4.79 Å². The van der Waals surface area contributed by atoms with Crippen molar-refractivity contribution in [1.82, 2.24) is 24.5 Å². The molecule has 0 aromatic carbocycles. The van der Waals surface area contributed by atoms with Crippen LogP contribution < -0.4 is 15.2 Å². The summed E-state index contributed by atoms with van der Waals surface area (Å²) in [5.74, 6) is 2.12. The second-order valence-electron chi connectivity index (χ2n) is 7.74. The number of aromatic nitrogens is 5. The Bertz CT molecular complexity index is 1100. The van der Waals surface area contributed by atoms with Gasteiger partial charge < -0.3 is 9.64 Å². The monoisotopic (exact) mass is 394 g/mol. The van der Waals surface area contributed by atoms with Gasteiger partial charge in [-0.05, 0) is 32.4 Å². The molecule has 0 N–H and O–H groups in total. The first-order valence-electron chi connectivity index (χ1n) is 9.72. The molecule has 1 saturated carbocycles. The Balaban J connectivity index is 1.49. The van der Waals surface area contributed by atoms with Crippen LogP contribution in [0.2, 0.25) is 0 Å². The lowest BCUT2D eigenvalue weighted by atomic mass is 10.2. The van der Waals surface area contributed by atoms with Crippen LogP contribution in [0, 0.1) is 19.8 Å². The van der Waals surface area contributed by atoms with E-state index in [4.69, 9.17) is 4.74 Å². The van der Waals surface area contributed by atoms with Crippen LogP contribution in [0.15, 0.2) is 35.1 Å². The summed E-state index contributed by atoms with van der Waals surface area (Å²) in [5.41, 5.74) is 3.35. The smallest absolute Gasteiger partial charge is 0.290 e. The van der Waals surface area contributed by atoms with Gasteiger partial charge in [-0.3, -0.25) is 14.5 Å². The molecule has 0 saturated heterocycles. The predicted octanol–water partition coefficient (Wildman–Crippen LogP) is 2.48. The molecule has 29 heavy (non-hydrogen) atoms. The molecule has 8 heteroatoms. The first-order valence-corrected chi connectivity index (χ1v) is 9.72. The molecule has 1 aliphatic rings. The molecule has 0 unspecified atom stereocenters. The molecule has 0 radical (unpaired) electrons. The van der Waals surface area contributed by atoms with Gasteiger partial charge in [0.1, 0.15) is 11.5 Å². The predicted molar refractivity (Wildman–Crippen MR) is 111 cm³/mol. The van der Waals surface area contributed by atoms with Gasteiger partial charge in [0.25, 0.3) is 5.56 Å². The fourth-order valence-corrected chi connectivity index (χ4v) is 3.67. The molecule has 0 bridgehead atoms. The Hall–Kier alpha value is -3.16. The molecule has 3 aromatic rings. The van der Waals surface area contributed by atoms with Crippen molar-refractivity contribution in [2.24, 2.45) is 20.0 Å². The minimum absolute atomic E-state index is 0.188. The van der Waals surface area contributed by atoms with Gasteiger partial charge in [-0.2, -0.15) is 5.10 Å². The summed E-state index contributed by atoms with van der Waals surface area (Å²) in [4.78, 5) is 19.1. The summed E-state index contributed by atoms with van der Waals surface area (Å²) in [6.07, 6.45) is 1.06. The Morgan fingerprint density at radius 2 is 1.93 bits per heavy atom. The molecule has 0 spiro atoms. The summed E-state index contributed by atoms with van der Waals surface area (Å²) < 4.78 is 9.03. The molecule has 2 atom stereocenters. The maximum atomic E-state index is 12.6. The van der Waals surface area contributed by atoms with Gasteiger partial charge in [0.2, 0.25) is 5.88 Å². The SMILES string of the molecule is Cc1cccc([C@H]2C[C@@H]2COc2cc(N(C)c3cc(C)nn3C)c(=O)n(C)n2)n1. The molecule has 3 heterocycles. The van der Waals surface area contributed by atoms with E-state index in [0.29, 0.717) is 30.0 Å². The fourth-order valence-electron chi connectivity index (χ4n) is 3.67. The number of hydrogen-bond acceptors (Lipinski definition) is 6. The van der Waals surface area contributed by atoms with E-state index in [1.54, 1.807) is 17.8 Å². The number of hydrogen-bond donors (Lipinski definition) is 0. The third-order valence-electron chi connectivity index (χ3n) is 5.36. The second-order valence-corrected chi connectivity index (χ2v) is 7.74. The Morgan fingerprint density at radius 1 is 1.14 bits per heavy atom. The number of nitrogens with zero attached hydrogens (tertiary/aromatic N) is 6. The summed E-state index contributed by atoms with van der Waals surface area (Å²) in [7, 11) is 5.34.